The molecule has 0 radical (unpaired) electrons. The fourth-order valence-electron chi connectivity index (χ4n) is 9.33. The van der Waals surface area contributed by atoms with Crippen LogP contribution >= 0.6 is 0 Å². The standard InChI is InChI=1S/C28H48O2/c1-7-28(30)15-14-26(5)20(17-28)8-9-21-23-11-10-22(19(4)25(29)16-18(2)3)27(23,6)13-12-24(21)26/h7,18-25,29-30H,1,8-17H2,2-6H3/t19-,20+,21-,22+,23-,24-,25+,26-,27+,28+/m0/s1. The Morgan fingerprint density at radius 2 is 1.63 bits per heavy atom. The average molecular weight is 417 g/mol. The van der Waals surface area contributed by atoms with Crippen LogP contribution < -0.4 is 0 Å². The van der Waals surface area contributed by atoms with Gasteiger partial charge >= 0.3 is 0 Å². The van der Waals surface area contributed by atoms with Crippen molar-refractivity contribution in [3.63, 3.8) is 0 Å². The first-order chi connectivity index (χ1) is 14.0. The fourth-order valence-corrected chi connectivity index (χ4v) is 9.33. The summed E-state index contributed by atoms with van der Waals surface area (Å²) in [5, 5.41) is 21.8. The molecule has 0 bridgehead atoms. The zero-order valence-electron chi connectivity index (χ0n) is 20.4. The lowest BCUT2D eigenvalue weighted by Crippen LogP contribution is -2.56. The summed E-state index contributed by atoms with van der Waals surface area (Å²) >= 11 is 0. The van der Waals surface area contributed by atoms with Crippen molar-refractivity contribution in [2.24, 2.45) is 52.3 Å². The van der Waals surface area contributed by atoms with Gasteiger partial charge in [0.1, 0.15) is 0 Å². The highest BCUT2D eigenvalue weighted by Gasteiger charge is 2.61. The molecule has 2 N–H and O–H groups in total. The Hall–Kier alpha value is -0.340. The molecule has 0 aromatic rings. The summed E-state index contributed by atoms with van der Waals surface area (Å²) in [4.78, 5) is 0. The third-order valence-corrected chi connectivity index (χ3v) is 11.2. The van der Waals surface area contributed by atoms with Crippen molar-refractivity contribution in [3.05, 3.63) is 12.7 Å². The molecule has 0 aliphatic heterocycles. The summed E-state index contributed by atoms with van der Waals surface area (Å²) in [6.45, 7) is 15.9. The summed E-state index contributed by atoms with van der Waals surface area (Å²) in [6.07, 6.45) is 13.6. The first kappa shape index (κ1) is 22.8. The van der Waals surface area contributed by atoms with Gasteiger partial charge in [0.05, 0.1) is 11.7 Å². The SMILES string of the molecule is C=C[C@@]1(O)CC[C@@]2(C)[C@H](CC[C@@H]3[C@@H]2CC[C@]2(C)[C@@H]([C@H](C)[C@H](O)CC(C)C)CC[C@@H]32)C1. The first-order valence-electron chi connectivity index (χ1n) is 13.1. The molecule has 0 spiro atoms. The molecule has 10 atom stereocenters. The maximum absolute atomic E-state index is 10.9. The van der Waals surface area contributed by atoms with E-state index in [9.17, 15) is 10.2 Å². The molecule has 0 aromatic carbocycles. The Kier molecular flexibility index (Phi) is 6.02. The highest BCUT2D eigenvalue weighted by Crippen LogP contribution is 2.69. The van der Waals surface area contributed by atoms with E-state index in [-0.39, 0.29) is 6.10 Å². The molecule has 0 heterocycles. The summed E-state index contributed by atoms with van der Waals surface area (Å²) in [6, 6.07) is 0. The lowest BCUT2D eigenvalue weighted by molar-refractivity contribution is -0.143. The van der Waals surface area contributed by atoms with Crippen molar-refractivity contribution in [1.29, 1.82) is 0 Å². The van der Waals surface area contributed by atoms with Crippen LogP contribution in [0.5, 0.6) is 0 Å². The Bertz CT molecular complexity index is 643. The topological polar surface area (TPSA) is 40.5 Å². The van der Waals surface area contributed by atoms with Gasteiger partial charge in [0.25, 0.3) is 0 Å². The number of hydrogen-bond donors (Lipinski definition) is 2. The van der Waals surface area contributed by atoms with Gasteiger partial charge in [-0.15, -0.1) is 6.58 Å². The number of fused-ring (bicyclic) bond motifs is 5. The molecule has 0 saturated heterocycles. The van der Waals surface area contributed by atoms with Crippen LogP contribution in [-0.4, -0.2) is 21.9 Å². The second-order valence-electron chi connectivity index (χ2n) is 13.0. The van der Waals surface area contributed by atoms with E-state index < -0.39 is 5.60 Å². The molecule has 2 heteroatoms. The first-order valence-corrected chi connectivity index (χ1v) is 13.1. The van der Waals surface area contributed by atoms with E-state index in [2.05, 4.69) is 41.2 Å². The van der Waals surface area contributed by atoms with Gasteiger partial charge in [0, 0.05) is 0 Å². The quantitative estimate of drug-likeness (QED) is 0.495. The lowest BCUT2D eigenvalue weighted by Gasteiger charge is -2.62. The number of aliphatic hydroxyl groups is 2. The van der Waals surface area contributed by atoms with Gasteiger partial charge in [-0.25, -0.2) is 0 Å². The minimum absolute atomic E-state index is 0.147. The van der Waals surface area contributed by atoms with E-state index in [1.807, 2.05) is 6.08 Å². The van der Waals surface area contributed by atoms with Crippen LogP contribution in [0.3, 0.4) is 0 Å². The molecule has 4 fully saturated rings. The molecule has 0 unspecified atom stereocenters. The van der Waals surface area contributed by atoms with Crippen LogP contribution in [0.25, 0.3) is 0 Å². The molecule has 4 aliphatic carbocycles. The molecular weight excluding hydrogens is 368 g/mol. The number of hydrogen-bond acceptors (Lipinski definition) is 2. The zero-order valence-corrected chi connectivity index (χ0v) is 20.4. The van der Waals surface area contributed by atoms with Crippen molar-refractivity contribution in [2.45, 2.75) is 111 Å². The Balaban J connectivity index is 1.52. The average Bonchev–Trinajstić information content (AvgIpc) is 3.04. The monoisotopic (exact) mass is 416 g/mol. The summed E-state index contributed by atoms with van der Waals surface area (Å²) in [5.74, 6) is 4.86. The van der Waals surface area contributed by atoms with Crippen LogP contribution in [0.1, 0.15) is 98.8 Å². The zero-order chi connectivity index (χ0) is 21.9. The third-order valence-electron chi connectivity index (χ3n) is 11.2. The molecule has 0 amide bonds. The van der Waals surface area contributed by atoms with Crippen LogP contribution in [-0.2, 0) is 0 Å². The minimum atomic E-state index is -0.624. The maximum Gasteiger partial charge on any atom is 0.0828 e. The molecule has 2 nitrogen and oxygen atoms in total. The van der Waals surface area contributed by atoms with E-state index in [1.54, 1.807) is 0 Å². The largest absolute Gasteiger partial charge is 0.393 e. The summed E-state index contributed by atoms with van der Waals surface area (Å²) in [7, 11) is 0. The van der Waals surface area contributed by atoms with Crippen LogP contribution in [0.4, 0.5) is 0 Å². The molecule has 4 rings (SSSR count). The smallest absolute Gasteiger partial charge is 0.0828 e. The lowest BCUT2D eigenvalue weighted by atomic mass is 9.43. The minimum Gasteiger partial charge on any atom is -0.393 e. The van der Waals surface area contributed by atoms with Gasteiger partial charge in [-0.05, 0) is 116 Å². The normalized spacial score (nSPS) is 50.3. The second kappa shape index (κ2) is 7.91. The highest BCUT2D eigenvalue weighted by molar-refractivity contribution is 5.13. The highest BCUT2D eigenvalue weighted by atomic mass is 16.3. The summed E-state index contributed by atoms with van der Waals surface area (Å²) in [5.41, 5.74) is 0.194. The van der Waals surface area contributed by atoms with E-state index in [0.717, 1.165) is 43.4 Å². The van der Waals surface area contributed by atoms with Gasteiger partial charge in [-0.1, -0.05) is 40.7 Å². The van der Waals surface area contributed by atoms with Crippen molar-refractivity contribution >= 4 is 0 Å². The fraction of sp³-hybridized carbons (Fsp3) is 0.929. The molecule has 4 saturated carbocycles. The Morgan fingerprint density at radius 1 is 0.933 bits per heavy atom. The van der Waals surface area contributed by atoms with E-state index in [4.69, 9.17) is 0 Å². The second-order valence-corrected chi connectivity index (χ2v) is 13.0. The molecule has 30 heavy (non-hydrogen) atoms. The number of rotatable bonds is 5. The van der Waals surface area contributed by atoms with Crippen LogP contribution in [0.15, 0.2) is 12.7 Å². The number of aliphatic hydroxyl groups excluding tert-OH is 1. The van der Waals surface area contributed by atoms with E-state index >= 15 is 0 Å². The van der Waals surface area contributed by atoms with Crippen molar-refractivity contribution in [3.8, 4) is 0 Å². The molecular formula is C28H48O2. The summed E-state index contributed by atoms with van der Waals surface area (Å²) < 4.78 is 0. The van der Waals surface area contributed by atoms with Gasteiger partial charge in [0.2, 0.25) is 0 Å². The third kappa shape index (κ3) is 3.53. The molecule has 4 aliphatic rings. The van der Waals surface area contributed by atoms with Crippen molar-refractivity contribution < 1.29 is 10.2 Å². The van der Waals surface area contributed by atoms with E-state index in [0.29, 0.717) is 34.5 Å². The van der Waals surface area contributed by atoms with Crippen LogP contribution in [0, 0.1) is 52.3 Å². The van der Waals surface area contributed by atoms with Crippen molar-refractivity contribution in [2.75, 3.05) is 0 Å². The van der Waals surface area contributed by atoms with Gasteiger partial charge < -0.3 is 10.2 Å². The van der Waals surface area contributed by atoms with Crippen LogP contribution in [0.2, 0.25) is 0 Å². The molecule has 172 valence electrons. The van der Waals surface area contributed by atoms with Gasteiger partial charge in [0.15, 0.2) is 0 Å². The predicted molar refractivity (Wildman–Crippen MR) is 125 cm³/mol. The van der Waals surface area contributed by atoms with E-state index in [1.165, 1.54) is 38.5 Å². The Morgan fingerprint density at radius 3 is 2.30 bits per heavy atom. The van der Waals surface area contributed by atoms with Gasteiger partial charge in [-0.2, -0.15) is 0 Å². The predicted octanol–water partition coefficient (Wildman–Crippen LogP) is 6.61. The maximum atomic E-state index is 10.9. The van der Waals surface area contributed by atoms with Gasteiger partial charge in [-0.3, -0.25) is 0 Å². The molecule has 0 aromatic heterocycles. The van der Waals surface area contributed by atoms with Crippen molar-refractivity contribution in [1.82, 2.24) is 0 Å². The Labute approximate surface area is 185 Å².